The van der Waals surface area contributed by atoms with Crippen molar-refractivity contribution in [2.75, 3.05) is 10.2 Å². The molecule has 0 radical (unpaired) electrons. The molecule has 2 aromatic carbocycles. The van der Waals surface area contributed by atoms with Crippen LogP contribution < -0.4 is 10.2 Å². The summed E-state index contributed by atoms with van der Waals surface area (Å²) >= 11 is 5.61. The fraction of sp³-hybridized carbons (Fsp3) is 0.278. The van der Waals surface area contributed by atoms with E-state index < -0.39 is 0 Å². The Bertz CT molecular complexity index is 593. The molecule has 0 aromatic heterocycles. The van der Waals surface area contributed by atoms with Crippen molar-refractivity contribution in [3.8, 4) is 0 Å². The number of anilines is 2. The summed E-state index contributed by atoms with van der Waals surface area (Å²) in [7, 11) is 0. The van der Waals surface area contributed by atoms with Gasteiger partial charge in [0.2, 0.25) is 0 Å². The zero-order valence-electron chi connectivity index (χ0n) is 12.8. The van der Waals surface area contributed by atoms with Crippen molar-refractivity contribution in [2.45, 2.75) is 33.2 Å². The number of rotatable bonds is 4. The Hall–Kier alpha value is -1.87. The Morgan fingerprint density at radius 3 is 2.43 bits per heavy atom. The number of para-hydroxylation sites is 1. The second-order valence-corrected chi connectivity index (χ2v) is 5.67. The van der Waals surface area contributed by atoms with Gasteiger partial charge in [-0.1, -0.05) is 37.3 Å². The Kier molecular flexibility index (Phi) is 5.34. The smallest absolute Gasteiger partial charge is 0.178 e. The fourth-order valence-electron chi connectivity index (χ4n) is 2.29. The quantitative estimate of drug-likeness (QED) is 0.811. The molecule has 0 spiro atoms. The van der Waals surface area contributed by atoms with Crippen LogP contribution in [-0.4, -0.2) is 11.2 Å². The lowest BCUT2D eigenvalue weighted by Gasteiger charge is -2.29. The van der Waals surface area contributed by atoms with Crippen LogP contribution in [0.25, 0.3) is 0 Å². The van der Waals surface area contributed by atoms with E-state index >= 15 is 0 Å². The van der Waals surface area contributed by atoms with Crippen molar-refractivity contribution in [3.63, 3.8) is 0 Å². The maximum atomic E-state index is 5.61. The molecule has 21 heavy (non-hydrogen) atoms. The molecule has 3 heteroatoms. The summed E-state index contributed by atoms with van der Waals surface area (Å²) in [6, 6.07) is 18.9. The van der Waals surface area contributed by atoms with Gasteiger partial charge < -0.3 is 10.2 Å². The summed E-state index contributed by atoms with van der Waals surface area (Å²) < 4.78 is 0. The summed E-state index contributed by atoms with van der Waals surface area (Å²) in [6.45, 7) is 6.44. The number of hydrogen-bond donors (Lipinski definition) is 1. The number of hydrogen-bond acceptors (Lipinski definition) is 1. The standard InChI is InChI=1S/C18H22N2S/c1-4-15-9-8-10-16(13-15)19-18(21)20(14(2)3)17-11-6-5-7-12-17/h5-14H,4H2,1-3H3,(H,19,21). The average molecular weight is 298 g/mol. The van der Waals surface area contributed by atoms with Gasteiger partial charge in [0.15, 0.2) is 5.11 Å². The third kappa shape index (κ3) is 4.05. The number of aryl methyl sites for hydroxylation is 1. The van der Waals surface area contributed by atoms with E-state index in [0.717, 1.165) is 22.9 Å². The highest BCUT2D eigenvalue weighted by Gasteiger charge is 2.15. The molecule has 0 aliphatic heterocycles. The van der Waals surface area contributed by atoms with Gasteiger partial charge in [0.25, 0.3) is 0 Å². The molecule has 0 saturated carbocycles. The number of nitrogens with zero attached hydrogens (tertiary/aromatic N) is 1. The van der Waals surface area contributed by atoms with Gasteiger partial charge in [-0.15, -0.1) is 0 Å². The third-order valence-corrected chi connectivity index (χ3v) is 3.65. The van der Waals surface area contributed by atoms with Gasteiger partial charge in [0.05, 0.1) is 0 Å². The highest BCUT2D eigenvalue weighted by atomic mass is 32.1. The first-order valence-corrected chi connectivity index (χ1v) is 7.77. The van der Waals surface area contributed by atoms with Crippen LogP contribution in [0.15, 0.2) is 54.6 Å². The maximum absolute atomic E-state index is 5.61. The van der Waals surface area contributed by atoms with Gasteiger partial charge in [-0.2, -0.15) is 0 Å². The Morgan fingerprint density at radius 1 is 1.10 bits per heavy atom. The van der Waals surface area contributed by atoms with E-state index in [1.165, 1.54) is 5.56 Å². The molecular formula is C18H22N2S. The molecule has 0 saturated heterocycles. The lowest BCUT2D eigenvalue weighted by Crippen LogP contribution is -2.40. The van der Waals surface area contributed by atoms with E-state index in [2.05, 4.69) is 67.4 Å². The lowest BCUT2D eigenvalue weighted by molar-refractivity contribution is 0.811. The number of nitrogens with one attached hydrogen (secondary N) is 1. The van der Waals surface area contributed by atoms with E-state index in [4.69, 9.17) is 12.2 Å². The lowest BCUT2D eigenvalue weighted by atomic mass is 10.1. The molecule has 2 aromatic rings. The van der Waals surface area contributed by atoms with Gasteiger partial charge in [0, 0.05) is 17.4 Å². The first-order valence-electron chi connectivity index (χ1n) is 7.36. The minimum Gasteiger partial charge on any atom is -0.332 e. The maximum Gasteiger partial charge on any atom is 0.178 e. The van der Waals surface area contributed by atoms with Crippen LogP contribution in [0, 0.1) is 0 Å². The minimum atomic E-state index is 0.293. The highest BCUT2D eigenvalue weighted by molar-refractivity contribution is 7.80. The molecule has 0 amide bonds. The molecule has 0 unspecified atom stereocenters. The van der Waals surface area contributed by atoms with Crippen molar-refractivity contribution < 1.29 is 0 Å². The molecule has 110 valence electrons. The Morgan fingerprint density at radius 2 is 1.81 bits per heavy atom. The SMILES string of the molecule is CCc1cccc(NC(=S)N(c2ccccc2)C(C)C)c1. The van der Waals surface area contributed by atoms with E-state index in [9.17, 15) is 0 Å². The second-order valence-electron chi connectivity index (χ2n) is 5.28. The first-order chi connectivity index (χ1) is 10.1. The van der Waals surface area contributed by atoms with Crippen LogP contribution in [0.3, 0.4) is 0 Å². The molecule has 0 atom stereocenters. The Balaban J connectivity index is 2.19. The van der Waals surface area contributed by atoms with E-state index in [1.54, 1.807) is 0 Å². The predicted molar refractivity (Wildman–Crippen MR) is 96.1 cm³/mol. The van der Waals surface area contributed by atoms with Crippen molar-refractivity contribution >= 4 is 28.7 Å². The van der Waals surface area contributed by atoms with Crippen LogP contribution >= 0.6 is 12.2 Å². The summed E-state index contributed by atoms with van der Waals surface area (Å²) in [4.78, 5) is 2.13. The van der Waals surface area contributed by atoms with E-state index in [1.807, 2.05) is 18.2 Å². The van der Waals surface area contributed by atoms with E-state index in [-0.39, 0.29) is 0 Å². The number of thiocarbonyl (C=S) groups is 1. The molecule has 0 bridgehead atoms. The van der Waals surface area contributed by atoms with Crippen LogP contribution in [0.5, 0.6) is 0 Å². The van der Waals surface area contributed by atoms with E-state index in [0.29, 0.717) is 6.04 Å². The van der Waals surface area contributed by atoms with Crippen LogP contribution in [-0.2, 0) is 6.42 Å². The van der Waals surface area contributed by atoms with Gasteiger partial charge in [0.1, 0.15) is 0 Å². The highest BCUT2D eigenvalue weighted by Crippen LogP contribution is 2.19. The molecule has 1 N–H and O–H groups in total. The second kappa shape index (κ2) is 7.23. The van der Waals surface area contributed by atoms with Gasteiger partial charge in [-0.05, 0) is 62.3 Å². The minimum absolute atomic E-state index is 0.293. The summed E-state index contributed by atoms with van der Waals surface area (Å²) in [5.41, 5.74) is 3.45. The molecule has 0 aliphatic carbocycles. The molecule has 0 heterocycles. The zero-order chi connectivity index (χ0) is 15.2. The van der Waals surface area contributed by atoms with Crippen molar-refractivity contribution in [1.82, 2.24) is 0 Å². The number of benzene rings is 2. The van der Waals surface area contributed by atoms with Crippen LogP contribution in [0.1, 0.15) is 26.3 Å². The summed E-state index contributed by atoms with van der Waals surface area (Å²) in [5.74, 6) is 0. The van der Waals surface area contributed by atoms with Gasteiger partial charge in [-0.3, -0.25) is 0 Å². The molecule has 0 aliphatic rings. The zero-order valence-corrected chi connectivity index (χ0v) is 13.7. The van der Waals surface area contributed by atoms with Crippen molar-refractivity contribution in [1.29, 1.82) is 0 Å². The fourth-order valence-corrected chi connectivity index (χ4v) is 2.73. The first kappa shape index (κ1) is 15.5. The Labute approximate surface area is 132 Å². The van der Waals surface area contributed by atoms with Gasteiger partial charge in [-0.25, -0.2) is 0 Å². The molecule has 0 fully saturated rings. The predicted octanol–water partition coefficient (Wildman–Crippen LogP) is 4.86. The average Bonchev–Trinajstić information content (AvgIpc) is 2.48. The van der Waals surface area contributed by atoms with Crippen molar-refractivity contribution in [3.05, 3.63) is 60.2 Å². The van der Waals surface area contributed by atoms with Crippen LogP contribution in [0.4, 0.5) is 11.4 Å². The van der Waals surface area contributed by atoms with Crippen LogP contribution in [0.2, 0.25) is 0 Å². The van der Waals surface area contributed by atoms with Crippen molar-refractivity contribution in [2.24, 2.45) is 0 Å². The molecular weight excluding hydrogens is 276 g/mol. The molecule has 2 nitrogen and oxygen atoms in total. The van der Waals surface area contributed by atoms with Gasteiger partial charge >= 0.3 is 0 Å². The molecule has 2 rings (SSSR count). The summed E-state index contributed by atoms with van der Waals surface area (Å²) in [6.07, 6.45) is 1.02. The third-order valence-electron chi connectivity index (χ3n) is 3.36. The normalized spacial score (nSPS) is 10.5. The monoisotopic (exact) mass is 298 g/mol. The summed E-state index contributed by atoms with van der Waals surface area (Å²) in [5, 5.41) is 4.08. The topological polar surface area (TPSA) is 15.3 Å². The largest absolute Gasteiger partial charge is 0.332 e.